The van der Waals surface area contributed by atoms with Gasteiger partial charge in [-0.25, -0.2) is 0 Å². The van der Waals surface area contributed by atoms with Crippen molar-refractivity contribution in [3.05, 3.63) is 0 Å². The van der Waals surface area contributed by atoms with E-state index in [0.717, 1.165) is 0 Å². The van der Waals surface area contributed by atoms with Gasteiger partial charge in [0.05, 0.1) is 0 Å². The maximum atomic E-state index is 8.01. The highest BCUT2D eigenvalue weighted by Gasteiger charge is 2.12. The largest absolute Gasteiger partial charge is 0.0722 e. The van der Waals surface area contributed by atoms with Crippen LogP contribution in [-0.2, 0) is 0 Å². The fraction of sp³-hybridized carbons (Fsp3) is 1.00. The Bertz CT molecular complexity index is 235. The minimum Gasteiger partial charge on any atom is -0.0722 e. The molecule has 0 aliphatic heterocycles. The zero-order valence-corrected chi connectivity index (χ0v) is 7.58. The first-order valence-corrected chi connectivity index (χ1v) is 6.81. The minimum absolute atomic E-state index is 0.833. The Morgan fingerprint density at radius 2 is 1.88 bits per heavy atom. The van der Waals surface area contributed by atoms with Crippen LogP contribution >= 0.6 is 0 Å². The van der Waals surface area contributed by atoms with Gasteiger partial charge >= 0.3 is 0 Å². The lowest BCUT2D eigenvalue weighted by Gasteiger charge is -2.16. The van der Waals surface area contributed by atoms with E-state index in [2.05, 4.69) is 0 Å². The van der Waals surface area contributed by atoms with E-state index in [0.29, 0.717) is 0 Å². The molecule has 0 aliphatic carbocycles. The van der Waals surface area contributed by atoms with Crippen LogP contribution in [0.1, 0.15) is 15.1 Å². The summed E-state index contributed by atoms with van der Waals surface area (Å²) in [5, 5.41) is -0.833. The molecule has 0 spiro atoms. The summed E-state index contributed by atoms with van der Waals surface area (Å²) in [4.78, 5) is 0. The van der Waals surface area contributed by atoms with Crippen LogP contribution in [0, 0.1) is 0 Å². The number of hydrogen-bond donors (Lipinski definition) is 0. The van der Waals surface area contributed by atoms with Crippen LogP contribution in [0.5, 0.6) is 0 Å². The maximum Gasteiger partial charge on any atom is 0.0304 e. The summed E-state index contributed by atoms with van der Waals surface area (Å²) in [5.41, 5.74) is 0. The molecular formula is C6H18Si2. The zero-order chi connectivity index (χ0) is 13.6. The van der Waals surface area contributed by atoms with E-state index in [4.69, 9.17) is 10.7 Å². The van der Waals surface area contributed by atoms with Gasteiger partial charge in [0, 0.05) is 28.2 Å². The van der Waals surface area contributed by atoms with E-state index in [1.54, 1.807) is 13.1 Å². The van der Waals surface area contributed by atoms with Crippen molar-refractivity contribution in [2.45, 2.75) is 38.1 Å². The van der Waals surface area contributed by atoms with Gasteiger partial charge in [0.1, 0.15) is 0 Å². The van der Waals surface area contributed by atoms with Crippen molar-refractivity contribution in [1.29, 1.82) is 2.47 Å². The second kappa shape index (κ2) is 3.46. The molecule has 0 rings (SSSR count). The van der Waals surface area contributed by atoms with Crippen LogP contribution in [0.15, 0.2) is 0 Å². The highest BCUT2D eigenvalue weighted by molar-refractivity contribution is 6.77. The van der Waals surface area contributed by atoms with Crippen LogP contribution in [0.4, 0.5) is 0 Å². The molecule has 0 nitrogen and oxygen atoms in total. The highest BCUT2D eigenvalue weighted by atomic mass is 28.3. The van der Waals surface area contributed by atoms with E-state index >= 15 is 0 Å². The normalized spacial score (nSPS) is 35.9. The molecule has 1 atom stereocenters. The fourth-order valence-electron chi connectivity index (χ4n) is 0.289. The van der Waals surface area contributed by atoms with Gasteiger partial charge in [-0.2, -0.15) is 0 Å². The molecule has 0 fully saturated rings. The van der Waals surface area contributed by atoms with Crippen LogP contribution in [-0.4, -0.2) is 19.9 Å². The van der Waals surface area contributed by atoms with Crippen LogP contribution in [0.25, 0.3) is 0 Å². The topological polar surface area (TPSA) is 0 Å². The van der Waals surface area contributed by atoms with Crippen molar-refractivity contribution in [1.82, 2.24) is 0 Å². The van der Waals surface area contributed by atoms with Gasteiger partial charge in [-0.1, -0.05) is 38.1 Å². The molecular weight excluding hydrogens is 128 g/mol. The Balaban J connectivity index is 5.63. The Morgan fingerprint density at radius 3 is 2.00 bits per heavy atom. The summed E-state index contributed by atoms with van der Waals surface area (Å²) in [6.45, 7) is -0.917. The van der Waals surface area contributed by atoms with Gasteiger partial charge in [0.25, 0.3) is 0 Å². The Hall–Kier alpha value is 0.434. The Morgan fingerprint density at radius 1 is 1.38 bits per heavy atom. The third-order valence-electron chi connectivity index (χ3n) is 1.30. The highest BCUT2D eigenvalue weighted by Crippen LogP contribution is 2.12. The van der Waals surface area contributed by atoms with Crippen molar-refractivity contribution in [3.63, 3.8) is 0 Å². The number of hydrogen-bond acceptors (Lipinski definition) is 0. The molecule has 0 amide bonds. The molecule has 0 saturated carbocycles. The Labute approximate surface area is 67.4 Å². The average Bonchev–Trinajstić information content (AvgIpc) is 1.95. The molecule has 2 heteroatoms. The lowest BCUT2D eigenvalue weighted by atomic mass is 10.9. The Kier molecular flexibility index (Phi) is 0.846. The van der Waals surface area contributed by atoms with Crippen molar-refractivity contribution < 1.29 is 8.22 Å². The van der Waals surface area contributed by atoms with E-state index in [1.807, 2.05) is 0 Å². The summed E-state index contributed by atoms with van der Waals surface area (Å²) in [7, 11) is -6.98. The maximum absolute atomic E-state index is 8.01. The predicted molar refractivity (Wildman–Crippen MR) is 47.2 cm³/mol. The van der Waals surface area contributed by atoms with Gasteiger partial charge in [0.15, 0.2) is 0 Å². The quantitative estimate of drug-likeness (QED) is 0.533. The molecule has 0 N–H and O–H groups in total. The molecule has 8 heavy (non-hydrogen) atoms. The van der Waals surface area contributed by atoms with E-state index in [9.17, 15) is 0 Å². The number of rotatable bonds is 2. The summed E-state index contributed by atoms with van der Waals surface area (Å²) in [6, 6.07) is 0. The molecule has 0 aliphatic rings. The molecule has 0 saturated heterocycles. The summed E-state index contributed by atoms with van der Waals surface area (Å²) < 4.78 is 60.0. The molecule has 0 aromatic carbocycles. The molecule has 0 radical (unpaired) electrons. The first kappa shape index (κ1) is 1.96. The van der Waals surface area contributed by atoms with Crippen molar-refractivity contribution >= 4 is 17.5 Å². The van der Waals surface area contributed by atoms with Crippen molar-refractivity contribution in [3.8, 4) is 0 Å². The zero-order valence-electron chi connectivity index (χ0n) is 13.6. The monoisotopic (exact) mass is 154 g/mol. The summed E-state index contributed by atoms with van der Waals surface area (Å²) >= 11 is 0. The molecule has 0 unspecified atom stereocenters. The van der Waals surface area contributed by atoms with Gasteiger partial charge in [-0.15, -0.1) is 0 Å². The van der Waals surface area contributed by atoms with Gasteiger partial charge in [0.2, 0.25) is 0 Å². The smallest absolute Gasteiger partial charge is 0.0304 e. The average molecular weight is 154 g/mol. The van der Waals surface area contributed by atoms with Gasteiger partial charge in [-0.3, -0.25) is 0 Å². The standard InChI is InChI=1S/C6H18Si2/c1-6(7(2)3)8(4)5/h6-8H,1-5H3/i2D3,3D3,7D,8D/t6-/m0/s1. The summed E-state index contributed by atoms with van der Waals surface area (Å²) in [6.07, 6.45) is 0. The molecule has 0 heterocycles. The van der Waals surface area contributed by atoms with E-state index < -0.39 is 35.6 Å². The third-order valence-corrected chi connectivity index (χ3v) is 6.50. The van der Waals surface area contributed by atoms with Crippen LogP contribution in [0.3, 0.4) is 0 Å². The van der Waals surface area contributed by atoms with Gasteiger partial charge in [-0.05, 0) is 0 Å². The molecule has 50 valence electrons. The van der Waals surface area contributed by atoms with E-state index in [1.165, 1.54) is 6.92 Å². The third kappa shape index (κ3) is 2.67. The first-order valence-electron chi connectivity index (χ1n) is 6.65. The molecule has 0 bridgehead atoms. The van der Waals surface area contributed by atoms with E-state index in [-0.39, 0.29) is 0 Å². The molecule has 0 aromatic rings. The minimum atomic E-state index is -4.27. The lowest BCUT2D eigenvalue weighted by molar-refractivity contribution is 1.25. The van der Waals surface area contributed by atoms with Gasteiger partial charge < -0.3 is 0 Å². The predicted octanol–water partition coefficient (Wildman–Crippen LogP) is 1.89. The second-order valence-corrected chi connectivity index (χ2v) is 7.50. The lowest BCUT2D eigenvalue weighted by Crippen LogP contribution is -2.21. The van der Waals surface area contributed by atoms with Crippen LogP contribution in [0.2, 0.25) is 31.2 Å². The first-order chi connectivity index (χ1) is 6.65. The van der Waals surface area contributed by atoms with Crippen LogP contribution < -0.4 is 0 Å². The second-order valence-electron chi connectivity index (χ2n) is 2.21. The SMILES string of the molecule is [2H]C([2H])([2H])[Si]([2H])([C@H](C)[Si]([2H])(C)C)C([2H])([2H])[2H]. The fourth-order valence-corrected chi connectivity index (χ4v) is 2.60. The van der Waals surface area contributed by atoms with Crippen molar-refractivity contribution in [2.24, 2.45) is 0 Å². The summed E-state index contributed by atoms with van der Waals surface area (Å²) in [5.74, 6) is 0. The molecule has 0 aromatic heterocycles. The van der Waals surface area contributed by atoms with Crippen molar-refractivity contribution in [2.75, 3.05) is 0 Å².